The molecule has 0 spiro atoms. The van der Waals surface area contributed by atoms with Crippen LogP contribution in [-0.2, 0) is 20.0 Å². The minimum Gasteiger partial charge on any atom is -0.205 e. The number of nitroso groups, excluding NO2 is 2. The molecule has 0 rings (SSSR count). The molecule has 0 aromatic rings. The van der Waals surface area contributed by atoms with Gasteiger partial charge in [-0.25, -0.2) is 16.8 Å². The van der Waals surface area contributed by atoms with Crippen LogP contribution >= 0.6 is 0 Å². The first kappa shape index (κ1) is 16.7. The summed E-state index contributed by atoms with van der Waals surface area (Å²) >= 11 is 0. The summed E-state index contributed by atoms with van der Waals surface area (Å²) in [6, 6.07) is 0. The van der Waals surface area contributed by atoms with Crippen LogP contribution < -0.4 is 0 Å². The quantitative estimate of drug-likeness (QED) is 0.325. The van der Waals surface area contributed by atoms with E-state index < -0.39 is 31.6 Å². The normalized spacial score (nSPS) is 11.9. The van der Waals surface area contributed by atoms with Crippen LogP contribution in [0.25, 0.3) is 0 Å². The monoisotopic (exact) mass is 302 g/mol. The van der Waals surface area contributed by atoms with Gasteiger partial charge in [-0.3, -0.25) is 0 Å². The Morgan fingerprint density at radius 2 is 1.06 bits per heavy atom. The maximum Gasteiger partial charge on any atom is 0.252 e. The second-order valence-electron chi connectivity index (χ2n) is 3.37. The topological polar surface area (TPSA) is 134 Å². The van der Waals surface area contributed by atoms with Crippen molar-refractivity contribution in [1.82, 2.24) is 8.83 Å². The largest absolute Gasteiger partial charge is 0.252 e. The summed E-state index contributed by atoms with van der Waals surface area (Å²) in [7, 11) is -5.61. The molecule has 0 aromatic carbocycles. The van der Waals surface area contributed by atoms with E-state index in [2.05, 4.69) is 10.6 Å². The molecule has 0 amide bonds. The van der Waals surface area contributed by atoms with Gasteiger partial charge in [0.2, 0.25) is 0 Å². The second-order valence-corrected chi connectivity index (χ2v) is 7.57. The van der Waals surface area contributed by atoms with E-state index in [-0.39, 0.29) is 21.7 Å². The lowest BCUT2D eigenvalue weighted by molar-refractivity contribution is 0.478. The highest BCUT2D eigenvalue weighted by molar-refractivity contribution is 7.89. The molecule has 0 saturated heterocycles. The lowest BCUT2D eigenvalue weighted by Crippen LogP contribution is -2.26. The van der Waals surface area contributed by atoms with E-state index in [0.29, 0.717) is 0 Å². The van der Waals surface area contributed by atoms with Crippen molar-refractivity contribution in [2.24, 2.45) is 10.6 Å². The van der Waals surface area contributed by atoms with Gasteiger partial charge in [0.05, 0.1) is 22.1 Å². The Labute approximate surface area is 105 Å². The number of nitrogens with zero attached hydrogens (tertiary/aromatic N) is 4. The van der Waals surface area contributed by atoms with Crippen molar-refractivity contribution < 1.29 is 16.8 Å². The lowest BCUT2D eigenvalue weighted by Gasteiger charge is -2.11. The third-order valence-corrected chi connectivity index (χ3v) is 5.44. The van der Waals surface area contributed by atoms with Gasteiger partial charge >= 0.3 is 0 Å². The summed E-state index contributed by atoms with van der Waals surface area (Å²) in [5.74, 6) is -0.800. The summed E-state index contributed by atoms with van der Waals surface area (Å²) < 4.78 is 45.7. The van der Waals surface area contributed by atoms with Crippen LogP contribution in [0.1, 0.15) is 12.8 Å². The lowest BCUT2D eigenvalue weighted by atomic mass is 10.4. The first-order valence-corrected chi connectivity index (χ1v) is 7.99. The molecule has 0 N–H and O–H groups in total. The van der Waals surface area contributed by atoms with Crippen molar-refractivity contribution in [2.45, 2.75) is 12.8 Å². The molecule has 106 valence electrons. The molecule has 0 fully saturated rings. The van der Waals surface area contributed by atoms with Crippen LogP contribution in [0, 0.1) is 9.81 Å². The molecule has 0 atom stereocenters. The van der Waals surface area contributed by atoms with E-state index in [4.69, 9.17) is 0 Å². The number of hydrogen-bond donors (Lipinski definition) is 0. The highest BCUT2D eigenvalue weighted by atomic mass is 32.2. The maximum absolute atomic E-state index is 11.3. The zero-order valence-corrected chi connectivity index (χ0v) is 11.5. The van der Waals surface area contributed by atoms with Gasteiger partial charge in [0.25, 0.3) is 20.0 Å². The Balaban J connectivity index is 4.25. The molecular weight excluding hydrogens is 288 g/mol. The predicted molar refractivity (Wildman–Crippen MR) is 63.9 cm³/mol. The van der Waals surface area contributed by atoms with Gasteiger partial charge in [0.15, 0.2) is 0 Å². The molecule has 0 aliphatic carbocycles. The van der Waals surface area contributed by atoms with Crippen molar-refractivity contribution in [3.63, 3.8) is 0 Å². The van der Waals surface area contributed by atoms with Crippen molar-refractivity contribution in [3.8, 4) is 0 Å². The third kappa shape index (κ3) is 4.91. The van der Waals surface area contributed by atoms with Gasteiger partial charge < -0.3 is 0 Å². The van der Waals surface area contributed by atoms with Crippen LogP contribution in [-0.4, -0.2) is 51.3 Å². The Hall–Kier alpha value is -1.30. The molecule has 0 aromatic heterocycles. The maximum atomic E-state index is 11.3. The number of rotatable bonds is 9. The van der Waals surface area contributed by atoms with E-state index in [1.165, 1.54) is 0 Å². The second kappa shape index (κ2) is 6.58. The van der Waals surface area contributed by atoms with Gasteiger partial charge in [0.1, 0.15) is 0 Å². The zero-order valence-electron chi connectivity index (χ0n) is 9.88. The summed E-state index contributed by atoms with van der Waals surface area (Å²) in [5, 5.41) is 4.48. The zero-order chi connectivity index (χ0) is 14.4. The molecular formula is C6H14N4O6S2. The molecule has 0 radical (unpaired) electrons. The predicted octanol–water partition coefficient (Wildman–Crippen LogP) is -0.347. The van der Waals surface area contributed by atoms with E-state index in [9.17, 15) is 26.6 Å². The van der Waals surface area contributed by atoms with Gasteiger partial charge in [-0.1, -0.05) is 0 Å². The third-order valence-electron chi connectivity index (χ3n) is 2.09. The highest BCUT2D eigenvalue weighted by Crippen LogP contribution is 2.06. The average Bonchev–Trinajstić information content (AvgIpc) is 2.32. The summed E-state index contributed by atoms with van der Waals surface area (Å²) in [4.78, 5) is 20.0. The van der Waals surface area contributed by atoms with Crippen LogP contribution in [0.5, 0.6) is 0 Å². The van der Waals surface area contributed by atoms with Gasteiger partial charge in [-0.15, -0.1) is 9.81 Å². The Morgan fingerprint density at radius 1 is 0.778 bits per heavy atom. The molecule has 12 heteroatoms. The fraction of sp³-hybridized carbons (Fsp3) is 1.00. The first-order valence-electron chi connectivity index (χ1n) is 4.77. The standard InChI is InChI=1S/C6H14N4O6S2/c1-9(7-11)17(13,14)5-3-4-6-18(15,16)10(2)8-12/h3-6H2,1-2H3. The number of hydrogen-bond acceptors (Lipinski definition) is 8. The minimum atomic E-state index is -3.79. The first-order chi connectivity index (χ1) is 8.17. The van der Waals surface area contributed by atoms with Gasteiger partial charge in [-0.2, -0.15) is 8.83 Å². The Morgan fingerprint density at radius 3 is 1.28 bits per heavy atom. The summed E-state index contributed by atoms with van der Waals surface area (Å²) in [6.07, 6.45) is 0.0439. The van der Waals surface area contributed by atoms with Gasteiger partial charge in [0, 0.05) is 14.1 Å². The average molecular weight is 302 g/mol. The smallest absolute Gasteiger partial charge is 0.205 e. The van der Waals surface area contributed by atoms with E-state index in [1.807, 2.05) is 0 Å². The van der Waals surface area contributed by atoms with Crippen molar-refractivity contribution >= 4 is 20.0 Å². The molecule has 0 aliphatic heterocycles. The molecule has 0 saturated carbocycles. The highest BCUT2D eigenvalue weighted by Gasteiger charge is 2.20. The van der Waals surface area contributed by atoms with Crippen molar-refractivity contribution in [1.29, 1.82) is 0 Å². The van der Waals surface area contributed by atoms with Gasteiger partial charge in [-0.05, 0) is 12.8 Å². The van der Waals surface area contributed by atoms with E-state index in [0.717, 1.165) is 14.1 Å². The van der Waals surface area contributed by atoms with Crippen molar-refractivity contribution in [3.05, 3.63) is 9.81 Å². The molecule has 0 bridgehead atoms. The van der Waals surface area contributed by atoms with Crippen LogP contribution in [0.4, 0.5) is 0 Å². The number of unbranched alkanes of at least 4 members (excludes halogenated alkanes) is 1. The molecule has 10 nitrogen and oxygen atoms in total. The van der Waals surface area contributed by atoms with Crippen molar-refractivity contribution in [2.75, 3.05) is 25.6 Å². The summed E-state index contributed by atoms with van der Waals surface area (Å²) in [5.41, 5.74) is 0. The molecule has 18 heavy (non-hydrogen) atoms. The van der Waals surface area contributed by atoms with Crippen LogP contribution in [0.2, 0.25) is 0 Å². The molecule has 0 unspecified atom stereocenters. The molecule has 0 aliphatic rings. The fourth-order valence-corrected chi connectivity index (χ4v) is 2.80. The Bertz CT molecular complexity index is 440. The molecule has 0 heterocycles. The fourth-order valence-electron chi connectivity index (χ4n) is 0.935. The number of sulfonamides is 2. The Kier molecular flexibility index (Phi) is 6.11. The minimum absolute atomic E-state index is 0.0219. The SMILES string of the molecule is CN(N=O)S(=O)(=O)CCCCS(=O)(=O)N(C)N=O. The summed E-state index contributed by atoms with van der Waals surface area (Å²) in [6.45, 7) is 0. The van der Waals surface area contributed by atoms with E-state index in [1.54, 1.807) is 0 Å². The van der Waals surface area contributed by atoms with Crippen LogP contribution in [0.3, 0.4) is 0 Å². The van der Waals surface area contributed by atoms with Crippen LogP contribution in [0.15, 0.2) is 10.6 Å². The van der Waals surface area contributed by atoms with E-state index >= 15 is 0 Å².